The lowest BCUT2D eigenvalue weighted by atomic mass is 10.1. The molecule has 0 unspecified atom stereocenters. The SMILES string of the molecule is COc1ccccc1NC(=O)c1cccc2nccnc12. The Morgan fingerprint density at radius 2 is 1.86 bits per heavy atom. The minimum atomic E-state index is -0.245. The maximum absolute atomic E-state index is 12.5. The zero-order chi connectivity index (χ0) is 14.7. The molecule has 0 aliphatic heterocycles. The summed E-state index contributed by atoms with van der Waals surface area (Å²) in [4.78, 5) is 20.9. The molecule has 104 valence electrons. The Morgan fingerprint density at radius 1 is 1.05 bits per heavy atom. The molecule has 1 aromatic heterocycles. The van der Waals surface area contributed by atoms with Crippen molar-refractivity contribution in [3.05, 3.63) is 60.4 Å². The lowest BCUT2D eigenvalue weighted by Crippen LogP contribution is -2.13. The molecule has 1 heterocycles. The number of carbonyl (C=O) groups is 1. The van der Waals surface area contributed by atoms with Gasteiger partial charge in [0.05, 0.1) is 23.9 Å². The predicted octanol–water partition coefficient (Wildman–Crippen LogP) is 2.89. The molecule has 0 saturated heterocycles. The first-order valence-electron chi connectivity index (χ1n) is 6.43. The highest BCUT2D eigenvalue weighted by molar-refractivity contribution is 6.11. The van der Waals surface area contributed by atoms with Gasteiger partial charge in [-0.05, 0) is 24.3 Å². The van der Waals surface area contributed by atoms with E-state index < -0.39 is 0 Å². The summed E-state index contributed by atoms with van der Waals surface area (Å²) in [6, 6.07) is 12.6. The molecule has 0 aliphatic rings. The number of para-hydroxylation sites is 3. The number of amides is 1. The number of ether oxygens (including phenoxy) is 1. The number of nitrogens with zero attached hydrogens (tertiary/aromatic N) is 2. The average Bonchev–Trinajstić information content (AvgIpc) is 2.54. The highest BCUT2D eigenvalue weighted by atomic mass is 16.5. The van der Waals surface area contributed by atoms with Crippen LogP contribution in [0.25, 0.3) is 11.0 Å². The van der Waals surface area contributed by atoms with Crippen LogP contribution in [0.2, 0.25) is 0 Å². The van der Waals surface area contributed by atoms with E-state index in [1.54, 1.807) is 43.8 Å². The van der Waals surface area contributed by atoms with E-state index in [0.29, 0.717) is 28.0 Å². The van der Waals surface area contributed by atoms with E-state index in [1.165, 1.54) is 0 Å². The molecule has 0 fully saturated rings. The van der Waals surface area contributed by atoms with Gasteiger partial charge < -0.3 is 10.1 Å². The van der Waals surface area contributed by atoms with Gasteiger partial charge in [-0.25, -0.2) is 0 Å². The van der Waals surface area contributed by atoms with Gasteiger partial charge in [-0.1, -0.05) is 18.2 Å². The fraction of sp³-hybridized carbons (Fsp3) is 0.0625. The molecule has 0 radical (unpaired) electrons. The van der Waals surface area contributed by atoms with Crippen LogP contribution in [-0.4, -0.2) is 23.0 Å². The molecule has 0 atom stereocenters. The van der Waals surface area contributed by atoms with Gasteiger partial charge in [0.1, 0.15) is 11.3 Å². The van der Waals surface area contributed by atoms with Crippen molar-refractivity contribution < 1.29 is 9.53 Å². The summed E-state index contributed by atoms with van der Waals surface area (Å²) < 4.78 is 5.23. The lowest BCUT2D eigenvalue weighted by molar-refractivity contribution is 0.102. The minimum absolute atomic E-state index is 0.245. The molecule has 21 heavy (non-hydrogen) atoms. The molecule has 3 aromatic rings. The highest BCUT2D eigenvalue weighted by Crippen LogP contribution is 2.24. The Hall–Kier alpha value is -2.95. The lowest BCUT2D eigenvalue weighted by Gasteiger charge is -2.10. The van der Waals surface area contributed by atoms with Crippen molar-refractivity contribution in [3.63, 3.8) is 0 Å². The van der Waals surface area contributed by atoms with Crippen LogP contribution in [-0.2, 0) is 0 Å². The van der Waals surface area contributed by atoms with Gasteiger partial charge in [0.15, 0.2) is 0 Å². The van der Waals surface area contributed by atoms with Gasteiger partial charge in [0.25, 0.3) is 5.91 Å². The van der Waals surface area contributed by atoms with Crippen LogP contribution in [0.15, 0.2) is 54.9 Å². The van der Waals surface area contributed by atoms with Gasteiger partial charge in [0, 0.05) is 12.4 Å². The molecule has 0 spiro atoms. The number of benzene rings is 2. The van der Waals surface area contributed by atoms with Gasteiger partial charge in [-0.3, -0.25) is 14.8 Å². The third kappa shape index (κ3) is 2.53. The van der Waals surface area contributed by atoms with E-state index in [0.717, 1.165) is 0 Å². The Morgan fingerprint density at radius 3 is 2.71 bits per heavy atom. The quantitative estimate of drug-likeness (QED) is 0.800. The summed E-state index contributed by atoms with van der Waals surface area (Å²) in [6.45, 7) is 0. The second-order valence-electron chi connectivity index (χ2n) is 4.38. The molecule has 3 rings (SSSR count). The zero-order valence-electron chi connectivity index (χ0n) is 11.4. The summed E-state index contributed by atoms with van der Waals surface area (Å²) in [5.74, 6) is 0.364. The Bertz CT molecular complexity index is 797. The summed E-state index contributed by atoms with van der Waals surface area (Å²) in [5, 5.41) is 2.84. The van der Waals surface area contributed by atoms with Crippen LogP contribution < -0.4 is 10.1 Å². The number of anilines is 1. The number of aromatic nitrogens is 2. The molecule has 5 nitrogen and oxygen atoms in total. The number of methoxy groups -OCH3 is 1. The van der Waals surface area contributed by atoms with Crippen molar-refractivity contribution in [1.29, 1.82) is 0 Å². The first-order chi connectivity index (χ1) is 10.3. The van der Waals surface area contributed by atoms with E-state index >= 15 is 0 Å². The summed E-state index contributed by atoms with van der Waals surface area (Å²) >= 11 is 0. The van der Waals surface area contributed by atoms with Gasteiger partial charge >= 0.3 is 0 Å². The van der Waals surface area contributed by atoms with E-state index in [9.17, 15) is 4.79 Å². The third-order valence-electron chi connectivity index (χ3n) is 3.10. The van der Waals surface area contributed by atoms with Gasteiger partial charge in [-0.15, -0.1) is 0 Å². The molecule has 0 bridgehead atoms. The fourth-order valence-corrected chi connectivity index (χ4v) is 2.11. The number of hydrogen-bond donors (Lipinski definition) is 1. The van der Waals surface area contributed by atoms with Crippen LogP contribution in [0.4, 0.5) is 5.69 Å². The van der Waals surface area contributed by atoms with Crippen LogP contribution in [0.1, 0.15) is 10.4 Å². The van der Waals surface area contributed by atoms with Crippen LogP contribution in [0.3, 0.4) is 0 Å². The molecular formula is C16H13N3O2. The van der Waals surface area contributed by atoms with Crippen molar-refractivity contribution in [3.8, 4) is 5.75 Å². The van der Waals surface area contributed by atoms with Crippen LogP contribution in [0, 0.1) is 0 Å². The number of rotatable bonds is 3. The van der Waals surface area contributed by atoms with E-state index in [1.807, 2.05) is 18.2 Å². The molecular weight excluding hydrogens is 266 g/mol. The van der Waals surface area contributed by atoms with Crippen molar-refractivity contribution in [1.82, 2.24) is 9.97 Å². The molecule has 0 saturated carbocycles. The molecule has 1 amide bonds. The molecule has 0 aliphatic carbocycles. The number of hydrogen-bond acceptors (Lipinski definition) is 4. The second-order valence-corrected chi connectivity index (χ2v) is 4.38. The summed E-state index contributed by atoms with van der Waals surface area (Å²) in [5.41, 5.74) is 2.36. The van der Waals surface area contributed by atoms with E-state index in [2.05, 4.69) is 15.3 Å². The van der Waals surface area contributed by atoms with E-state index in [-0.39, 0.29) is 5.91 Å². The summed E-state index contributed by atoms with van der Waals surface area (Å²) in [6.07, 6.45) is 3.17. The number of carbonyl (C=O) groups excluding carboxylic acids is 1. The first kappa shape index (κ1) is 13.1. The highest BCUT2D eigenvalue weighted by Gasteiger charge is 2.13. The third-order valence-corrected chi connectivity index (χ3v) is 3.10. The van der Waals surface area contributed by atoms with Crippen molar-refractivity contribution in [2.24, 2.45) is 0 Å². The zero-order valence-corrected chi connectivity index (χ0v) is 11.4. The topological polar surface area (TPSA) is 64.1 Å². The normalized spacial score (nSPS) is 10.3. The Kier molecular flexibility index (Phi) is 3.47. The van der Waals surface area contributed by atoms with Crippen molar-refractivity contribution >= 4 is 22.6 Å². The minimum Gasteiger partial charge on any atom is -0.495 e. The van der Waals surface area contributed by atoms with Gasteiger partial charge in [-0.2, -0.15) is 0 Å². The predicted molar refractivity (Wildman–Crippen MR) is 80.5 cm³/mol. The smallest absolute Gasteiger partial charge is 0.258 e. The van der Waals surface area contributed by atoms with Crippen LogP contribution >= 0.6 is 0 Å². The van der Waals surface area contributed by atoms with Crippen molar-refractivity contribution in [2.45, 2.75) is 0 Å². The average molecular weight is 279 g/mol. The number of nitrogens with one attached hydrogen (secondary N) is 1. The monoisotopic (exact) mass is 279 g/mol. The molecule has 2 aromatic carbocycles. The summed E-state index contributed by atoms with van der Waals surface area (Å²) in [7, 11) is 1.56. The van der Waals surface area contributed by atoms with Crippen molar-refractivity contribution in [2.75, 3.05) is 12.4 Å². The van der Waals surface area contributed by atoms with Crippen LogP contribution in [0.5, 0.6) is 5.75 Å². The number of fused-ring (bicyclic) bond motifs is 1. The molecule has 1 N–H and O–H groups in total. The van der Waals surface area contributed by atoms with E-state index in [4.69, 9.17) is 4.74 Å². The maximum atomic E-state index is 12.5. The standard InChI is InChI=1S/C16H13N3O2/c1-21-14-8-3-2-6-12(14)19-16(20)11-5-4-7-13-15(11)18-10-9-17-13/h2-10H,1H3,(H,19,20). The first-order valence-corrected chi connectivity index (χ1v) is 6.43. The Labute approximate surface area is 121 Å². The maximum Gasteiger partial charge on any atom is 0.258 e. The largest absolute Gasteiger partial charge is 0.495 e. The fourth-order valence-electron chi connectivity index (χ4n) is 2.11. The van der Waals surface area contributed by atoms with Gasteiger partial charge in [0.2, 0.25) is 0 Å². The Balaban J connectivity index is 1.98. The second kappa shape index (κ2) is 5.58. The molecule has 5 heteroatoms.